The van der Waals surface area contributed by atoms with E-state index in [2.05, 4.69) is 29.8 Å². The van der Waals surface area contributed by atoms with Crippen molar-refractivity contribution in [1.82, 2.24) is 5.32 Å². The van der Waals surface area contributed by atoms with E-state index in [4.69, 9.17) is 9.47 Å². The minimum Gasteiger partial charge on any atom is -0.493 e. The second-order valence-electron chi connectivity index (χ2n) is 7.80. The Bertz CT molecular complexity index is 877. The summed E-state index contributed by atoms with van der Waals surface area (Å²) >= 11 is 0. The molecule has 0 unspecified atom stereocenters. The van der Waals surface area contributed by atoms with Crippen molar-refractivity contribution < 1.29 is 19.1 Å². The molecule has 0 heterocycles. The lowest BCUT2D eigenvalue weighted by Gasteiger charge is -2.13. The average Bonchev–Trinajstić information content (AvgIpc) is 3.53. The van der Waals surface area contributed by atoms with Crippen molar-refractivity contribution in [2.45, 2.75) is 39.2 Å². The number of carbonyl (C=O) groups is 2. The Hall–Kier alpha value is -3.22. The number of anilines is 2. The van der Waals surface area contributed by atoms with Crippen LogP contribution in [0.3, 0.4) is 0 Å². The number of methoxy groups -OCH3 is 1. The number of urea groups is 1. The third-order valence-corrected chi connectivity index (χ3v) is 4.69. The first-order chi connectivity index (χ1) is 14.4. The molecule has 7 heteroatoms. The van der Waals surface area contributed by atoms with Crippen molar-refractivity contribution >= 4 is 23.3 Å². The fraction of sp³-hybridized carbons (Fsp3) is 0.391. The van der Waals surface area contributed by atoms with Crippen LogP contribution in [0.2, 0.25) is 0 Å². The minimum absolute atomic E-state index is 0.211. The minimum atomic E-state index is -0.255. The van der Waals surface area contributed by atoms with Gasteiger partial charge < -0.3 is 25.4 Å². The first kappa shape index (κ1) is 21.5. The Balaban J connectivity index is 1.57. The molecule has 0 aliphatic heterocycles. The van der Waals surface area contributed by atoms with Crippen LogP contribution in [-0.2, 0) is 0 Å². The van der Waals surface area contributed by atoms with E-state index < -0.39 is 0 Å². The van der Waals surface area contributed by atoms with Gasteiger partial charge >= 0.3 is 6.03 Å². The molecule has 3 amide bonds. The summed E-state index contributed by atoms with van der Waals surface area (Å²) in [5.74, 6) is 1.44. The van der Waals surface area contributed by atoms with Gasteiger partial charge in [-0.1, -0.05) is 13.8 Å². The molecule has 0 spiro atoms. The molecule has 0 atom stereocenters. The maximum absolute atomic E-state index is 12.6. The Morgan fingerprint density at radius 2 is 1.67 bits per heavy atom. The number of carbonyl (C=O) groups excluding carboxylic acids is 2. The summed E-state index contributed by atoms with van der Waals surface area (Å²) < 4.78 is 11.1. The molecule has 1 aliphatic rings. The van der Waals surface area contributed by atoms with Crippen LogP contribution in [0.15, 0.2) is 42.5 Å². The van der Waals surface area contributed by atoms with Gasteiger partial charge in [-0.3, -0.25) is 4.79 Å². The van der Waals surface area contributed by atoms with Crippen molar-refractivity contribution in [3.8, 4) is 11.5 Å². The van der Waals surface area contributed by atoms with Crippen LogP contribution in [0, 0.1) is 5.92 Å². The highest BCUT2D eigenvalue weighted by Crippen LogP contribution is 2.29. The molecule has 30 heavy (non-hydrogen) atoms. The van der Waals surface area contributed by atoms with Gasteiger partial charge in [0.25, 0.3) is 5.91 Å². The maximum atomic E-state index is 12.6. The molecule has 0 bridgehead atoms. The first-order valence-electron chi connectivity index (χ1n) is 10.2. The molecule has 160 valence electrons. The van der Waals surface area contributed by atoms with Gasteiger partial charge in [0.05, 0.1) is 13.7 Å². The highest BCUT2D eigenvalue weighted by Gasteiger charge is 2.23. The Morgan fingerprint density at radius 3 is 2.27 bits per heavy atom. The average molecular weight is 412 g/mol. The normalized spacial score (nSPS) is 12.9. The summed E-state index contributed by atoms with van der Waals surface area (Å²) in [6.45, 7) is 4.87. The van der Waals surface area contributed by atoms with E-state index in [1.165, 1.54) is 0 Å². The predicted molar refractivity (Wildman–Crippen MR) is 118 cm³/mol. The summed E-state index contributed by atoms with van der Waals surface area (Å²) in [6, 6.07) is 12.2. The molecule has 3 N–H and O–H groups in total. The highest BCUT2D eigenvalue weighted by molar-refractivity contribution is 6.04. The van der Waals surface area contributed by atoms with Crippen LogP contribution < -0.4 is 25.4 Å². The van der Waals surface area contributed by atoms with Gasteiger partial charge in [0.2, 0.25) is 0 Å². The second-order valence-corrected chi connectivity index (χ2v) is 7.80. The van der Waals surface area contributed by atoms with Gasteiger partial charge in [0.15, 0.2) is 11.5 Å². The number of nitrogens with one attached hydrogen (secondary N) is 3. The van der Waals surface area contributed by atoms with Crippen molar-refractivity contribution in [2.75, 3.05) is 24.4 Å². The van der Waals surface area contributed by atoms with Crippen LogP contribution in [0.1, 0.15) is 43.5 Å². The molecule has 7 nitrogen and oxygen atoms in total. The lowest BCUT2D eigenvalue weighted by atomic mass is 10.1. The summed E-state index contributed by atoms with van der Waals surface area (Å²) in [4.78, 5) is 24.4. The quantitative estimate of drug-likeness (QED) is 0.560. The Kier molecular flexibility index (Phi) is 7.17. The summed E-state index contributed by atoms with van der Waals surface area (Å²) in [5, 5.41) is 8.49. The Labute approximate surface area is 177 Å². The molecule has 2 aromatic carbocycles. The highest BCUT2D eigenvalue weighted by atomic mass is 16.5. The zero-order valence-electron chi connectivity index (χ0n) is 17.7. The van der Waals surface area contributed by atoms with Crippen molar-refractivity contribution in [3.63, 3.8) is 0 Å². The van der Waals surface area contributed by atoms with E-state index in [0.29, 0.717) is 47.0 Å². The molecule has 1 fully saturated rings. The van der Waals surface area contributed by atoms with Crippen LogP contribution in [-0.4, -0.2) is 31.7 Å². The number of rotatable bonds is 9. The standard InChI is InChI=1S/C23H29N3O4/c1-15(2)12-13-30-20-11-4-16(14-21(20)29-3)22(27)24-17-5-7-18(8-6-17)25-23(28)26-19-9-10-19/h4-8,11,14-15,19H,9-10,12-13H2,1-3H3,(H,24,27)(H2,25,26,28). The van der Waals surface area contributed by atoms with Crippen molar-refractivity contribution in [1.29, 1.82) is 0 Å². The van der Waals surface area contributed by atoms with E-state index in [-0.39, 0.29) is 11.9 Å². The maximum Gasteiger partial charge on any atom is 0.319 e. The van der Waals surface area contributed by atoms with Crippen LogP contribution in [0.25, 0.3) is 0 Å². The SMILES string of the molecule is COc1cc(C(=O)Nc2ccc(NC(=O)NC3CC3)cc2)ccc1OCCC(C)C. The Morgan fingerprint density at radius 1 is 1.00 bits per heavy atom. The smallest absolute Gasteiger partial charge is 0.319 e. The third-order valence-electron chi connectivity index (χ3n) is 4.69. The number of amides is 3. The molecule has 0 saturated heterocycles. The van der Waals surface area contributed by atoms with Crippen LogP contribution in [0.4, 0.5) is 16.2 Å². The topological polar surface area (TPSA) is 88.7 Å². The monoisotopic (exact) mass is 411 g/mol. The van der Waals surface area contributed by atoms with E-state index in [0.717, 1.165) is 19.3 Å². The second kappa shape index (κ2) is 10.0. The predicted octanol–water partition coefficient (Wildman–Crippen LogP) is 4.66. The fourth-order valence-electron chi connectivity index (χ4n) is 2.75. The van der Waals surface area contributed by atoms with E-state index >= 15 is 0 Å². The van der Waals surface area contributed by atoms with Crippen molar-refractivity contribution in [2.24, 2.45) is 5.92 Å². The van der Waals surface area contributed by atoms with Gasteiger partial charge in [-0.05, 0) is 67.6 Å². The molecule has 1 aliphatic carbocycles. The van der Waals surface area contributed by atoms with E-state index in [1.807, 2.05) is 0 Å². The van der Waals surface area contributed by atoms with Gasteiger partial charge in [0.1, 0.15) is 0 Å². The molecule has 0 aromatic heterocycles. The summed E-state index contributed by atoms with van der Waals surface area (Å²) in [5.41, 5.74) is 1.76. The molecular weight excluding hydrogens is 382 g/mol. The van der Waals surface area contributed by atoms with Crippen LogP contribution in [0.5, 0.6) is 11.5 Å². The van der Waals surface area contributed by atoms with Gasteiger partial charge in [-0.15, -0.1) is 0 Å². The molecule has 0 radical (unpaired) electrons. The summed E-state index contributed by atoms with van der Waals surface area (Å²) in [7, 11) is 1.55. The molecule has 2 aromatic rings. The van der Waals surface area contributed by atoms with Gasteiger partial charge in [-0.2, -0.15) is 0 Å². The number of hydrogen-bond donors (Lipinski definition) is 3. The summed E-state index contributed by atoms with van der Waals surface area (Å²) in [6.07, 6.45) is 3.01. The zero-order valence-corrected chi connectivity index (χ0v) is 17.7. The lowest BCUT2D eigenvalue weighted by Crippen LogP contribution is -2.30. The number of ether oxygens (including phenoxy) is 2. The van der Waals surface area contributed by atoms with Crippen LogP contribution >= 0.6 is 0 Å². The number of benzene rings is 2. The molecule has 1 saturated carbocycles. The number of hydrogen-bond acceptors (Lipinski definition) is 4. The van der Waals surface area contributed by atoms with Crippen molar-refractivity contribution in [3.05, 3.63) is 48.0 Å². The third kappa shape index (κ3) is 6.40. The largest absolute Gasteiger partial charge is 0.493 e. The molecular formula is C23H29N3O4. The fourth-order valence-corrected chi connectivity index (χ4v) is 2.75. The molecule has 3 rings (SSSR count). The first-order valence-corrected chi connectivity index (χ1v) is 10.2. The lowest BCUT2D eigenvalue weighted by molar-refractivity contribution is 0.102. The van der Waals surface area contributed by atoms with Gasteiger partial charge in [-0.25, -0.2) is 4.79 Å². The van der Waals surface area contributed by atoms with E-state index in [9.17, 15) is 9.59 Å². The van der Waals surface area contributed by atoms with Gasteiger partial charge in [0, 0.05) is 23.0 Å². The zero-order chi connectivity index (χ0) is 21.5. The van der Waals surface area contributed by atoms with E-state index in [1.54, 1.807) is 49.6 Å².